The Morgan fingerprint density at radius 3 is 2.67 bits per heavy atom. The lowest BCUT2D eigenvalue weighted by atomic mass is 9.97. The van der Waals surface area contributed by atoms with E-state index in [0.29, 0.717) is 0 Å². The average molecular weight is 209 g/mol. The van der Waals surface area contributed by atoms with E-state index in [0.717, 1.165) is 31.6 Å². The summed E-state index contributed by atoms with van der Waals surface area (Å²) in [5.41, 5.74) is 1.08. The minimum atomic E-state index is -0.666. The average Bonchev–Trinajstić information content (AvgIpc) is 2.65. The van der Waals surface area contributed by atoms with Crippen molar-refractivity contribution in [3.8, 4) is 0 Å². The molecular formula is C10H15N3O2. The number of carboxylic acids is 1. The fourth-order valence-electron chi connectivity index (χ4n) is 1.96. The van der Waals surface area contributed by atoms with Gasteiger partial charge >= 0.3 is 5.97 Å². The van der Waals surface area contributed by atoms with E-state index < -0.39 is 5.97 Å². The van der Waals surface area contributed by atoms with Crippen molar-refractivity contribution in [3.63, 3.8) is 0 Å². The third-order valence-electron chi connectivity index (χ3n) is 2.90. The molecule has 1 aliphatic rings. The van der Waals surface area contributed by atoms with Crippen molar-refractivity contribution in [1.82, 2.24) is 9.78 Å². The van der Waals surface area contributed by atoms with Gasteiger partial charge in [-0.1, -0.05) is 0 Å². The highest BCUT2D eigenvalue weighted by atomic mass is 16.4. The Morgan fingerprint density at radius 2 is 2.20 bits per heavy atom. The molecule has 82 valence electrons. The zero-order valence-electron chi connectivity index (χ0n) is 8.76. The van der Waals surface area contributed by atoms with E-state index in [-0.39, 0.29) is 5.92 Å². The predicted molar refractivity (Wildman–Crippen MR) is 55.8 cm³/mol. The Bertz CT molecular complexity index is 353. The first kappa shape index (κ1) is 10.0. The minimum Gasteiger partial charge on any atom is -0.481 e. The quantitative estimate of drug-likeness (QED) is 0.779. The molecule has 15 heavy (non-hydrogen) atoms. The monoisotopic (exact) mass is 209 g/mol. The van der Waals surface area contributed by atoms with Gasteiger partial charge in [0.2, 0.25) is 0 Å². The maximum absolute atomic E-state index is 10.8. The molecule has 1 aromatic rings. The summed E-state index contributed by atoms with van der Waals surface area (Å²) in [5.74, 6) is -0.834. The number of piperidine rings is 1. The molecular weight excluding hydrogens is 194 g/mol. The van der Waals surface area contributed by atoms with Crippen molar-refractivity contribution in [2.75, 3.05) is 18.0 Å². The molecule has 0 amide bonds. The first-order chi connectivity index (χ1) is 7.16. The number of rotatable bonds is 2. The number of carboxylic acid groups (broad SMARTS) is 1. The smallest absolute Gasteiger partial charge is 0.306 e. The summed E-state index contributed by atoms with van der Waals surface area (Å²) in [5, 5.41) is 13.0. The van der Waals surface area contributed by atoms with Gasteiger partial charge in [-0.3, -0.25) is 9.48 Å². The number of anilines is 1. The Kier molecular flexibility index (Phi) is 2.62. The van der Waals surface area contributed by atoms with Gasteiger partial charge in [-0.2, -0.15) is 5.10 Å². The van der Waals surface area contributed by atoms with E-state index in [2.05, 4.69) is 10.00 Å². The fourth-order valence-corrected chi connectivity index (χ4v) is 1.96. The Balaban J connectivity index is 1.96. The molecule has 0 unspecified atom stereocenters. The van der Waals surface area contributed by atoms with Crippen LogP contribution in [0.1, 0.15) is 12.8 Å². The van der Waals surface area contributed by atoms with Crippen LogP contribution >= 0.6 is 0 Å². The van der Waals surface area contributed by atoms with Gasteiger partial charge in [-0.15, -0.1) is 0 Å². The summed E-state index contributed by atoms with van der Waals surface area (Å²) in [6, 6.07) is 0. The summed E-state index contributed by atoms with van der Waals surface area (Å²) >= 11 is 0. The van der Waals surface area contributed by atoms with Gasteiger partial charge in [-0.25, -0.2) is 0 Å². The van der Waals surface area contributed by atoms with Crippen molar-refractivity contribution < 1.29 is 9.90 Å². The molecule has 0 saturated carbocycles. The lowest BCUT2D eigenvalue weighted by Crippen LogP contribution is -2.36. The summed E-state index contributed by atoms with van der Waals surface area (Å²) < 4.78 is 1.76. The Labute approximate surface area is 88.3 Å². The molecule has 2 rings (SSSR count). The van der Waals surface area contributed by atoms with Crippen molar-refractivity contribution in [1.29, 1.82) is 0 Å². The van der Waals surface area contributed by atoms with Crippen LogP contribution in [0.5, 0.6) is 0 Å². The standard InChI is InChI=1S/C10H15N3O2/c1-12-7-9(6-11-12)13-4-2-8(3-5-13)10(14)15/h6-8H,2-5H2,1H3,(H,14,15). The van der Waals surface area contributed by atoms with E-state index in [1.807, 2.05) is 19.4 Å². The topological polar surface area (TPSA) is 58.4 Å². The molecule has 0 atom stereocenters. The van der Waals surface area contributed by atoms with Crippen LogP contribution in [0.2, 0.25) is 0 Å². The zero-order valence-corrected chi connectivity index (χ0v) is 8.76. The number of aromatic nitrogens is 2. The molecule has 5 heteroatoms. The number of hydrogen-bond acceptors (Lipinski definition) is 3. The molecule has 1 saturated heterocycles. The largest absolute Gasteiger partial charge is 0.481 e. The highest BCUT2D eigenvalue weighted by Crippen LogP contribution is 2.22. The molecule has 1 fully saturated rings. The van der Waals surface area contributed by atoms with Crippen molar-refractivity contribution in [2.45, 2.75) is 12.8 Å². The third-order valence-corrected chi connectivity index (χ3v) is 2.90. The van der Waals surface area contributed by atoms with E-state index in [9.17, 15) is 4.79 Å². The summed E-state index contributed by atoms with van der Waals surface area (Å²) in [7, 11) is 1.88. The number of nitrogens with zero attached hydrogens (tertiary/aromatic N) is 3. The van der Waals surface area contributed by atoms with E-state index in [4.69, 9.17) is 5.11 Å². The molecule has 5 nitrogen and oxygen atoms in total. The van der Waals surface area contributed by atoms with Crippen LogP contribution in [-0.4, -0.2) is 33.9 Å². The second-order valence-electron chi connectivity index (χ2n) is 3.97. The van der Waals surface area contributed by atoms with Gasteiger partial charge in [0.1, 0.15) is 0 Å². The van der Waals surface area contributed by atoms with Crippen molar-refractivity contribution in [3.05, 3.63) is 12.4 Å². The van der Waals surface area contributed by atoms with E-state index >= 15 is 0 Å². The SMILES string of the molecule is Cn1cc(N2CCC(C(=O)O)CC2)cn1. The number of aliphatic carboxylic acids is 1. The van der Waals surface area contributed by atoms with Crippen LogP contribution in [0.25, 0.3) is 0 Å². The lowest BCUT2D eigenvalue weighted by Gasteiger charge is -2.30. The van der Waals surface area contributed by atoms with E-state index in [1.54, 1.807) is 4.68 Å². The fraction of sp³-hybridized carbons (Fsp3) is 0.600. The summed E-state index contributed by atoms with van der Waals surface area (Å²) in [4.78, 5) is 13.0. The Morgan fingerprint density at radius 1 is 1.53 bits per heavy atom. The molecule has 0 aliphatic carbocycles. The summed E-state index contributed by atoms with van der Waals surface area (Å²) in [6.07, 6.45) is 5.23. The van der Waals surface area contributed by atoms with Crippen LogP contribution in [0.3, 0.4) is 0 Å². The molecule has 0 spiro atoms. The van der Waals surface area contributed by atoms with Crippen LogP contribution in [0.4, 0.5) is 5.69 Å². The highest BCUT2D eigenvalue weighted by Gasteiger charge is 2.24. The van der Waals surface area contributed by atoms with Crippen molar-refractivity contribution >= 4 is 11.7 Å². The summed E-state index contributed by atoms with van der Waals surface area (Å²) in [6.45, 7) is 1.62. The van der Waals surface area contributed by atoms with E-state index in [1.165, 1.54) is 0 Å². The number of aryl methyl sites for hydroxylation is 1. The molecule has 1 N–H and O–H groups in total. The minimum absolute atomic E-state index is 0.169. The lowest BCUT2D eigenvalue weighted by molar-refractivity contribution is -0.142. The van der Waals surface area contributed by atoms with Gasteiger partial charge in [0.15, 0.2) is 0 Å². The highest BCUT2D eigenvalue weighted by molar-refractivity contribution is 5.70. The number of hydrogen-bond donors (Lipinski definition) is 1. The van der Waals surface area contributed by atoms with Crippen molar-refractivity contribution in [2.24, 2.45) is 13.0 Å². The zero-order chi connectivity index (χ0) is 10.8. The Hall–Kier alpha value is -1.52. The molecule has 0 bridgehead atoms. The van der Waals surface area contributed by atoms with Gasteiger partial charge in [0, 0.05) is 26.3 Å². The first-order valence-corrected chi connectivity index (χ1v) is 5.13. The number of carbonyl (C=O) groups is 1. The first-order valence-electron chi connectivity index (χ1n) is 5.13. The molecule has 1 aliphatic heterocycles. The van der Waals surface area contributed by atoms with Gasteiger partial charge in [0.05, 0.1) is 17.8 Å². The normalized spacial score (nSPS) is 18.1. The molecule has 0 aromatic carbocycles. The van der Waals surface area contributed by atoms with Crippen LogP contribution in [-0.2, 0) is 11.8 Å². The van der Waals surface area contributed by atoms with Crippen LogP contribution < -0.4 is 4.90 Å². The maximum atomic E-state index is 10.8. The van der Waals surface area contributed by atoms with Crippen LogP contribution in [0.15, 0.2) is 12.4 Å². The molecule has 0 radical (unpaired) electrons. The second-order valence-corrected chi connectivity index (χ2v) is 3.97. The molecule has 1 aromatic heterocycles. The maximum Gasteiger partial charge on any atom is 0.306 e. The second kappa shape index (κ2) is 3.92. The van der Waals surface area contributed by atoms with Gasteiger partial charge < -0.3 is 10.0 Å². The van der Waals surface area contributed by atoms with Gasteiger partial charge in [-0.05, 0) is 12.8 Å². The van der Waals surface area contributed by atoms with Gasteiger partial charge in [0.25, 0.3) is 0 Å². The predicted octanol–water partition coefficient (Wildman–Crippen LogP) is 0.721. The molecule has 2 heterocycles. The third kappa shape index (κ3) is 2.11. The van der Waals surface area contributed by atoms with Crippen LogP contribution in [0, 0.1) is 5.92 Å².